The van der Waals surface area contributed by atoms with Gasteiger partial charge in [0.25, 0.3) is 0 Å². The molecule has 1 amide bonds. The summed E-state index contributed by atoms with van der Waals surface area (Å²) >= 11 is 0. The minimum Gasteiger partial charge on any atom is -0.329 e. The number of pyridine rings is 1. The number of hydrogen-bond donors (Lipinski definition) is 0. The van der Waals surface area contributed by atoms with Crippen molar-refractivity contribution >= 4 is 39.7 Å². The summed E-state index contributed by atoms with van der Waals surface area (Å²) in [5.74, 6) is -1.11. The van der Waals surface area contributed by atoms with E-state index in [9.17, 15) is 18.0 Å². The van der Waals surface area contributed by atoms with Gasteiger partial charge in [0.05, 0.1) is 11.2 Å². The molecule has 3 aromatic heterocycles. The maximum absolute atomic E-state index is 13.3. The molecule has 0 spiro atoms. The Hall–Kier alpha value is -3.75. The second-order valence-electron chi connectivity index (χ2n) is 10.8. The van der Waals surface area contributed by atoms with Gasteiger partial charge in [-0.25, -0.2) is 15.0 Å². The largest absolute Gasteiger partial charge is 0.471 e. The first-order valence-electron chi connectivity index (χ1n) is 13.5. The van der Waals surface area contributed by atoms with Crippen molar-refractivity contribution in [3.05, 3.63) is 66.8 Å². The maximum Gasteiger partial charge on any atom is 0.471 e. The zero-order chi connectivity index (χ0) is 27.1. The molecule has 0 N–H and O–H groups in total. The molecule has 6 rings (SSSR count). The second-order valence-corrected chi connectivity index (χ2v) is 10.8. The molecule has 39 heavy (non-hydrogen) atoms. The Labute approximate surface area is 224 Å². The van der Waals surface area contributed by atoms with Crippen LogP contribution in [0.5, 0.6) is 0 Å². The van der Waals surface area contributed by atoms with Gasteiger partial charge in [0.2, 0.25) is 0 Å². The number of anilines is 1. The van der Waals surface area contributed by atoms with Crippen LogP contribution in [0.3, 0.4) is 0 Å². The molecule has 0 aliphatic heterocycles. The van der Waals surface area contributed by atoms with Crippen LogP contribution in [0.25, 0.3) is 28.0 Å². The Kier molecular flexibility index (Phi) is 6.61. The summed E-state index contributed by atoms with van der Waals surface area (Å²) in [6, 6.07) is 11.7. The highest BCUT2D eigenvalue weighted by molar-refractivity contribution is 5.97. The van der Waals surface area contributed by atoms with E-state index in [1.807, 2.05) is 12.1 Å². The van der Waals surface area contributed by atoms with Crippen molar-refractivity contribution in [2.75, 3.05) is 11.4 Å². The van der Waals surface area contributed by atoms with Gasteiger partial charge >= 0.3 is 12.1 Å². The van der Waals surface area contributed by atoms with E-state index in [1.54, 1.807) is 18.5 Å². The predicted octanol–water partition coefficient (Wildman–Crippen LogP) is 6.90. The number of aryl methyl sites for hydroxylation is 1. The fourth-order valence-corrected chi connectivity index (χ4v) is 5.83. The summed E-state index contributed by atoms with van der Waals surface area (Å²) in [4.78, 5) is 26.3. The van der Waals surface area contributed by atoms with Crippen molar-refractivity contribution < 1.29 is 18.0 Å². The van der Waals surface area contributed by atoms with Crippen LogP contribution in [-0.2, 0) is 11.2 Å². The molecule has 2 aliphatic carbocycles. The molecule has 6 nitrogen and oxygen atoms in total. The second kappa shape index (κ2) is 10.1. The quantitative estimate of drug-likeness (QED) is 0.247. The summed E-state index contributed by atoms with van der Waals surface area (Å²) in [5, 5.41) is 1.86. The molecule has 2 atom stereocenters. The predicted molar refractivity (Wildman–Crippen MR) is 145 cm³/mol. The van der Waals surface area contributed by atoms with Crippen molar-refractivity contribution in [1.29, 1.82) is 0 Å². The Balaban J connectivity index is 1.15. The zero-order valence-corrected chi connectivity index (χ0v) is 21.6. The van der Waals surface area contributed by atoms with Crippen molar-refractivity contribution in [3.63, 3.8) is 0 Å². The molecular weight excluding hydrogens is 503 g/mol. The lowest BCUT2D eigenvalue weighted by atomic mass is 9.97. The number of halogens is 3. The van der Waals surface area contributed by atoms with E-state index in [0.29, 0.717) is 17.5 Å². The third kappa shape index (κ3) is 5.27. The van der Waals surface area contributed by atoms with Gasteiger partial charge in [-0.05, 0) is 92.7 Å². The lowest BCUT2D eigenvalue weighted by Gasteiger charge is -2.23. The van der Waals surface area contributed by atoms with E-state index in [2.05, 4.69) is 44.4 Å². The molecule has 9 heteroatoms. The molecule has 2 aliphatic rings. The molecule has 1 aromatic carbocycles. The molecule has 2 fully saturated rings. The van der Waals surface area contributed by atoms with Crippen LogP contribution in [0, 0.1) is 11.8 Å². The minimum atomic E-state index is -4.93. The highest BCUT2D eigenvalue weighted by Crippen LogP contribution is 2.39. The lowest BCUT2D eigenvalue weighted by molar-refractivity contribution is -0.170. The van der Waals surface area contributed by atoms with Gasteiger partial charge in [0.1, 0.15) is 17.8 Å². The summed E-state index contributed by atoms with van der Waals surface area (Å²) in [5.41, 5.74) is 3.50. The number of rotatable bonds is 8. The monoisotopic (exact) mass is 533 g/mol. The van der Waals surface area contributed by atoms with Crippen molar-refractivity contribution in [3.8, 4) is 0 Å². The Morgan fingerprint density at radius 2 is 1.87 bits per heavy atom. The highest BCUT2D eigenvalue weighted by Gasteiger charge is 2.45. The SMILES string of the molecule is C=Cc1ncnc2c1ccn2C1CCC(CCc2ccc3ccc(N(CC4CC4)C(=O)C(F)(F)F)nc3c2)C1. The van der Waals surface area contributed by atoms with Crippen LogP contribution in [0.4, 0.5) is 19.0 Å². The highest BCUT2D eigenvalue weighted by atomic mass is 19.4. The Morgan fingerprint density at radius 1 is 1.08 bits per heavy atom. The molecule has 0 bridgehead atoms. The minimum absolute atomic E-state index is 0.0526. The number of hydrogen-bond acceptors (Lipinski definition) is 4. The van der Waals surface area contributed by atoms with Gasteiger partial charge < -0.3 is 4.57 Å². The van der Waals surface area contributed by atoms with Crippen LogP contribution in [0.15, 0.2) is 55.5 Å². The summed E-state index contributed by atoms with van der Waals surface area (Å²) in [6.45, 7) is 3.90. The van der Waals surface area contributed by atoms with E-state index in [0.717, 1.165) is 77.5 Å². The zero-order valence-electron chi connectivity index (χ0n) is 21.6. The van der Waals surface area contributed by atoms with Gasteiger partial charge in [-0.15, -0.1) is 0 Å². The number of benzene rings is 1. The smallest absolute Gasteiger partial charge is 0.329 e. The number of carbonyl (C=O) groups excluding carboxylic acids is 1. The number of amides is 1. The van der Waals surface area contributed by atoms with E-state index >= 15 is 0 Å². The fourth-order valence-electron chi connectivity index (χ4n) is 5.83. The lowest BCUT2D eigenvalue weighted by Crippen LogP contribution is -2.42. The molecule has 2 saturated carbocycles. The fraction of sp³-hybridized carbons (Fsp3) is 0.400. The Morgan fingerprint density at radius 3 is 2.64 bits per heavy atom. The van der Waals surface area contributed by atoms with Crippen LogP contribution in [-0.4, -0.2) is 38.1 Å². The van der Waals surface area contributed by atoms with E-state index in [4.69, 9.17) is 0 Å². The number of alkyl halides is 3. The van der Waals surface area contributed by atoms with Crippen LogP contribution in [0.1, 0.15) is 55.8 Å². The van der Waals surface area contributed by atoms with Gasteiger partial charge in [0, 0.05) is 29.6 Å². The molecule has 2 unspecified atom stereocenters. The van der Waals surface area contributed by atoms with Crippen LogP contribution in [0.2, 0.25) is 0 Å². The number of fused-ring (bicyclic) bond motifs is 2. The van der Waals surface area contributed by atoms with Gasteiger partial charge in [0.15, 0.2) is 0 Å². The standard InChI is InChI=1S/C30H30F3N5O/c1-2-25-24-13-14-37(28(24)35-18-34-25)23-11-8-19(15-23)3-4-20-7-9-22-10-12-27(36-26(22)16-20)38(17-21-5-6-21)29(39)30(31,32)33/h2,7,9-10,12-14,16,18-19,21,23H,1,3-6,8,11,15,17H2. The van der Waals surface area contributed by atoms with Crippen LogP contribution < -0.4 is 4.90 Å². The number of carbonyl (C=O) groups is 1. The van der Waals surface area contributed by atoms with Crippen LogP contribution >= 0.6 is 0 Å². The topological polar surface area (TPSA) is 63.9 Å². The molecular formula is C30H30F3N5O. The van der Waals surface area contributed by atoms with E-state index in [-0.39, 0.29) is 18.3 Å². The number of nitrogens with zero attached hydrogens (tertiary/aromatic N) is 5. The molecule has 202 valence electrons. The summed E-state index contributed by atoms with van der Waals surface area (Å²) < 4.78 is 42.1. The summed E-state index contributed by atoms with van der Waals surface area (Å²) in [6.07, 6.45) is 7.37. The summed E-state index contributed by atoms with van der Waals surface area (Å²) in [7, 11) is 0. The third-order valence-corrected chi connectivity index (χ3v) is 8.13. The molecule has 3 heterocycles. The first-order valence-corrected chi connectivity index (χ1v) is 13.5. The van der Waals surface area contributed by atoms with Gasteiger partial charge in [-0.2, -0.15) is 13.2 Å². The normalized spacial score (nSPS) is 19.6. The molecule has 0 saturated heterocycles. The number of aromatic nitrogens is 4. The van der Waals surface area contributed by atoms with Gasteiger partial charge in [-0.3, -0.25) is 9.69 Å². The van der Waals surface area contributed by atoms with Crippen molar-refractivity contribution in [2.24, 2.45) is 11.8 Å². The van der Waals surface area contributed by atoms with E-state index < -0.39 is 12.1 Å². The maximum atomic E-state index is 13.3. The third-order valence-electron chi connectivity index (χ3n) is 8.13. The van der Waals surface area contributed by atoms with Crippen molar-refractivity contribution in [1.82, 2.24) is 19.5 Å². The van der Waals surface area contributed by atoms with Gasteiger partial charge in [-0.1, -0.05) is 18.7 Å². The average molecular weight is 534 g/mol. The average Bonchev–Trinajstić information content (AvgIpc) is 3.45. The van der Waals surface area contributed by atoms with E-state index in [1.165, 1.54) is 6.07 Å². The molecule has 4 aromatic rings. The van der Waals surface area contributed by atoms with Crippen molar-refractivity contribution in [2.45, 2.75) is 57.2 Å². The first kappa shape index (κ1) is 25.5. The Bertz CT molecular complexity index is 1540. The first-order chi connectivity index (χ1) is 18.8. The molecule has 0 radical (unpaired) electrons.